The van der Waals surface area contributed by atoms with Crippen LogP contribution in [0.4, 0.5) is 0 Å². The first-order valence-corrected chi connectivity index (χ1v) is 31.9. The SMILES string of the molecule is CC/C=C\C/C=C\C/C=C\C/C=C\C/C=C\CCCCCC(=O)OCC(COP(=O)(O)OCC(CO)OC(=O)CCCCCC/C=C\C/C=C\C/C=C\C/C=C\CC)OC(=O)CCCCCC/C=C\C/C=C\C/C=C\C/C=C\CC. The van der Waals surface area contributed by atoms with E-state index in [0.29, 0.717) is 19.3 Å². The summed E-state index contributed by atoms with van der Waals surface area (Å²) in [6.45, 7) is 4.19. The Morgan fingerprint density at radius 2 is 0.613 bits per heavy atom. The van der Waals surface area contributed by atoms with Gasteiger partial charge in [-0.05, 0) is 141 Å². The van der Waals surface area contributed by atoms with Gasteiger partial charge in [-0.25, -0.2) is 4.57 Å². The van der Waals surface area contributed by atoms with E-state index in [1.807, 2.05) is 0 Å². The second kappa shape index (κ2) is 60.2. The molecule has 0 aromatic carbocycles. The minimum Gasteiger partial charge on any atom is -0.462 e. The Kier molecular flexibility index (Phi) is 56.5. The molecule has 0 spiro atoms. The highest BCUT2D eigenvalue weighted by atomic mass is 31.2. The van der Waals surface area contributed by atoms with Crippen LogP contribution in [0.1, 0.15) is 213 Å². The molecule has 0 saturated heterocycles. The zero-order chi connectivity index (χ0) is 58.3. The molecule has 2 N–H and O–H groups in total. The average Bonchev–Trinajstić information content (AvgIpc) is 3.45. The Morgan fingerprint density at radius 1 is 0.350 bits per heavy atom. The molecule has 0 aliphatic rings. The molecule has 12 heteroatoms. The van der Waals surface area contributed by atoms with Crippen LogP contribution in [-0.2, 0) is 42.2 Å². The summed E-state index contributed by atoms with van der Waals surface area (Å²) in [6, 6.07) is 0. The highest BCUT2D eigenvalue weighted by Crippen LogP contribution is 2.43. The fraction of sp³-hybridized carbons (Fsp3) is 0.574. The first-order chi connectivity index (χ1) is 39.2. The summed E-state index contributed by atoms with van der Waals surface area (Å²) in [5, 5.41) is 9.84. The van der Waals surface area contributed by atoms with Crippen molar-refractivity contribution in [1.29, 1.82) is 0 Å². The van der Waals surface area contributed by atoms with E-state index in [2.05, 4.69) is 179 Å². The van der Waals surface area contributed by atoms with E-state index in [4.69, 9.17) is 23.3 Å². The van der Waals surface area contributed by atoms with Crippen LogP contribution in [-0.4, -0.2) is 66.5 Å². The maximum absolute atomic E-state index is 12.9. The van der Waals surface area contributed by atoms with E-state index in [9.17, 15) is 28.9 Å². The molecule has 80 heavy (non-hydrogen) atoms. The quantitative estimate of drug-likeness (QED) is 0.0197. The number of hydrogen-bond acceptors (Lipinski definition) is 10. The second-order valence-electron chi connectivity index (χ2n) is 19.4. The Morgan fingerprint density at radius 3 is 0.938 bits per heavy atom. The fourth-order valence-corrected chi connectivity index (χ4v) is 8.21. The van der Waals surface area contributed by atoms with Gasteiger partial charge in [-0.2, -0.15) is 0 Å². The Balaban J connectivity index is 4.86. The Bertz CT molecular complexity index is 1950. The van der Waals surface area contributed by atoms with Gasteiger partial charge >= 0.3 is 25.7 Å². The molecule has 0 amide bonds. The summed E-state index contributed by atoms with van der Waals surface area (Å²) < 4.78 is 39.5. The van der Waals surface area contributed by atoms with E-state index in [1.54, 1.807) is 0 Å². The summed E-state index contributed by atoms with van der Waals surface area (Å²) in [7, 11) is -4.79. The van der Waals surface area contributed by atoms with Crippen LogP contribution in [0.3, 0.4) is 0 Å². The molecule has 11 nitrogen and oxygen atoms in total. The molecule has 0 heterocycles. The summed E-state index contributed by atoms with van der Waals surface area (Å²) in [5.74, 6) is -1.58. The molecule has 450 valence electrons. The average molecular weight is 1130 g/mol. The number of unbranched alkanes of at least 4 members (excludes halogenated alkanes) is 11. The zero-order valence-corrected chi connectivity index (χ0v) is 50.6. The summed E-state index contributed by atoms with van der Waals surface area (Å²) in [5.41, 5.74) is 0. The van der Waals surface area contributed by atoms with Crippen molar-refractivity contribution < 1.29 is 52.2 Å². The largest absolute Gasteiger partial charge is 0.472 e. The molecule has 0 aliphatic carbocycles. The predicted molar refractivity (Wildman–Crippen MR) is 334 cm³/mol. The first kappa shape index (κ1) is 75.1. The topological polar surface area (TPSA) is 155 Å². The summed E-state index contributed by atoms with van der Waals surface area (Å²) >= 11 is 0. The lowest BCUT2D eigenvalue weighted by molar-refractivity contribution is -0.161. The lowest BCUT2D eigenvalue weighted by Gasteiger charge is -2.21. The number of ether oxygens (including phenoxy) is 3. The van der Waals surface area contributed by atoms with Gasteiger partial charge in [-0.15, -0.1) is 0 Å². The number of phosphoric ester groups is 1. The maximum atomic E-state index is 12.9. The van der Waals surface area contributed by atoms with Crippen LogP contribution in [0.2, 0.25) is 0 Å². The molecule has 3 unspecified atom stereocenters. The number of allylic oxidation sites excluding steroid dienone is 26. The van der Waals surface area contributed by atoms with Gasteiger partial charge in [-0.3, -0.25) is 23.4 Å². The van der Waals surface area contributed by atoms with Crippen molar-refractivity contribution in [2.24, 2.45) is 0 Å². The molecular weight excluding hydrogens is 1020 g/mol. The molecule has 0 rings (SSSR count). The molecule has 0 aliphatic heterocycles. The van der Waals surface area contributed by atoms with Gasteiger partial charge in [0.05, 0.1) is 19.8 Å². The summed E-state index contributed by atoms with van der Waals surface area (Å²) in [4.78, 5) is 48.7. The van der Waals surface area contributed by atoms with Crippen LogP contribution in [0.25, 0.3) is 0 Å². The Labute approximate surface area is 485 Å². The number of carbonyl (C=O) groups is 3. The summed E-state index contributed by atoms with van der Waals surface area (Å²) in [6.07, 6.45) is 79.1. The van der Waals surface area contributed by atoms with Gasteiger partial charge < -0.3 is 24.2 Å². The smallest absolute Gasteiger partial charge is 0.462 e. The van der Waals surface area contributed by atoms with Crippen LogP contribution in [0.5, 0.6) is 0 Å². The van der Waals surface area contributed by atoms with Gasteiger partial charge in [0, 0.05) is 19.3 Å². The van der Waals surface area contributed by atoms with Crippen molar-refractivity contribution >= 4 is 25.7 Å². The molecule has 0 saturated carbocycles. The van der Waals surface area contributed by atoms with E-state index in [-0.39, 0.29) is 25.9 Å². The number of hydrogen-bond donors (Lipinski definition) is 2. The van der Waals surface area contributed by atoms with Crippen molar-refractivity contribution in [2.75, 3.05) is 26.4 Å². The standard InChI is InChI=1S/C68H107O11P/c1-4-7-10-13-16-19-22-25-28-31-32-35-36-39-42-45-48-51-54-57-66(70)75-61-65(79-68(72)59-56-53-50-47-44-41-38-34-30-27-24-21-18-15-12-9-6-3)63-77-80(73,74)76-62-64(60-69)78-67(71)58-55-52-49-46-43-40-37-33-29-26-23-20-17-14-11-8-5-2/h7-12,16-21,25-30,32,35,37-42,64-65,69H,4-6,13-15,22-24,31,33-34,36,43-63H2,1-3H3,(H,73,74)/b10-7-,11-8-,12-9-,19-16-,20-17-,21-18-,28-25-,29-26-,30-27-,35-32-,40-37-,41-38-,42-39-. The maximum Gasteiger partial charge on any atom is 0.472 e. The van der Waals surface area contributed by atoms with Crippen molar-refractivity contribution in [3.8, 4) is 0 Å². The minimum absolute atomic E-state index is 0.120. The monoisotopic (exact) mass is 1130 g/mol. The van der Waals surface area contributed by atoms with E-state index in [0.717, 1.165) is 154 Å². The van der Waals surface area contributed by atoms with Gasteiger partial charge in [0.25, 0.3) is 0 Å². The molecule has 0 aromatic rings. The third-order valence-corrected chi connectivity index (χ3v) is 12.9. The van der Waals surface area contributed by atoms with Gasteiger partial charge in [0.15, 0.2) is 6.10 Å². The number of aliphatic hydroxyl groups is 1. The van der Waals surface area contributed by atoms with Gasteiger partial charge in [0.2, 0.25) is 0 Å². The highest BCUT2D eigenvalue weighted by molar-refractivity contribution is 7.47. The first-order valence-electron chi connectivity index (χ1n) is 30.4. The van der Waals surface area contributed by atoms with Crippen LogP contribution < -0.4 is 0 Å². The molecule has 0 bridgehead atoms. The number of carbonyl (C=O) groups excluding carboxylic acids is 3. The third-order valence-electron chi connectivity index (χ3n) is 11.9. The molecule has 0 radical (unpaired) electrons. The van der Waals surface area contributed by atoms with Gasteiger partial charge in [0.1, 0.15) is 12.7 Å². The van der Waals surface area contributed by atoms with Crippen molar-refractivity contribution in [2.45, 2.75) is 226 Å². The van der Waals surface area contributed by atoms with Crippen LogP contribution in [0, 0.1) is 0 Å². The number of rotatable bonds is 54. The molecule has 3 atom stereocenters. The lowest BCUT2D eigenvalue weighted by atomic mass is 10.1. The Hall–Kier alpha value is -4.90. The van der Waals surface area contributed by atoms with E-state index >= 15 is 0 Å². The number of phosphoric acid groups is 1. The minimum atomic E-state index is -4.79. The number of esters is 3. The van der Waals surface area contributed by atoms with Crippen LogP contribution >= 0.6 is 7.82 Å². The molecular formula is C68H107O11P. The van der Waals surface area contributed by atoms with E-state index in [1.165, 1.54) is 0 Å². The van der Waals surface area contributed by atoms with Crippen molar-refractivity contribution in [3.63, 3.8) is 0 Å². The molecule has 0 aromatic heterocycles. The normalized spacial score (nSPS) is 14.4. The highest BCUT2D eigenvalue weighted by Gasteiger charge is 2.28. The second-order valence-corrected chi connectivity index (χ2v) is 20.8. The lowest BCUT2D eigenvalue weighted by Crippen LogP contribution is -2.30. The number of aliphatic hydroxyl groups excluding tert-OH is 1. The van der Waals surface area contributed by atoms with Gasteiger partial charge in [-0.1, -0.05) is 211 Å². The van der Waals surface area contributed by atoms with Crippen molar-refractivity contribution in [1.82, 2.24) is 0 Å². The third kappa shape index (κ3) is 57.8. The van der Waals surface area contributed by atoms with E-state index < -0.39 is 57.8 Å². The predicted octanol–water partition coefficient (Wildman–Crippen LogP) is 18.5. The van der Waals surface area contributed by atoms with Crippen molar-refractivity contribution in [3.05, 3.63) is 158 Å². The van der Waals surface area contributed by atoms with Crippen LogP contribution in [0.15, 0.2) is 158 Å². The molecule has 0 fully saturated rings. The fourth-order valence-electron chi connectivity index (χ4n) is 7.42. The zero-order valence-electron chi connectivity index (χ0n) is 49.7.